The Morgan fingerprint density at radius 2 is 1.73 bits per heavy atom. The van der Waals surface area contributed by atoms with Crippen molar-refractivity contribution < 1.29 is 14.7 Å². The van der Waals surface area contributed by atoms with Crippen LogP contribution in [0.2, 0.25) is 0 Å². The van der Waals surface area contributed by atoms with Crippen LogP contribution in [0.1, 0.15) is 60.8 Å². The summed E-state index contributed by atoms with van der Waals surface area (Å²) in [6, 6.07) is 15.8. The zero-order valence-electron chi connectivity index (χ0n) is 19.4. The number of amides is 1. The van der Waals surface area contributed by atoms with Crippen LogP contribution in [-0.4, -0.2) is 22.0 Å². The second kappa shape index (κ2) is 11.1. The van der Waals surface area contributed by atoms with Crippen molar-refractivity contribution in [1.29, 1.82) is 0 Å². The zero-order chi connectivity index (χ0) is 23.8. The average molecular weight is 466 g/mol. The third-order valence-electron chi connectivity index (χ3n) is 5.23. The number of carbonyl (C=O) groups is 2. The number of thiazole rings is 1. The standard InChI is InChI=1S/C26H31N3O3S/c1-26(2,3)14-6-9-18-7-4-5-8-20(18)16-27-21-12-10-19(11-13-21)24(32)29-25-28-22(17-33-25)15-23(30)31/h4-5,7-8,10-13,17,27H,6,9,14-16H2,1-3H3,(H,30,31)(H,28,29,32). The number of aryl methyl sites for hydroxylation is 1. The highest BCUT2D eigenvalue weighted by molar-refractivity contribution is 7.14. The van der Waals surface area contributed by atoms with Gasteiger partial charge in [-0.1, -0.05) is 45.0 Å². The number of carboxylic acid groups (broad SMARTS) is 1. The van der Waals surface area contributed by atoms with Gasteiger partial charge in [0.2, 0.25) is 0 Å². The lowest BCUT2D eigenvalue weighted by Gasteiger charge is -2.18. The highest BCUT2D eigenvalue weighted by Crippen LogP contribution is 2.23. The minimum atomic E-state index is -0.950. The Morgan fingerprint density at radius 3 is 2.39 bits per heavy atom. The molecule has 0 bridgehead atoms. The third-order valence-corrected chi connectivity index (χ3v) is 6.03. The van der Waals surface area contributed by atoms with Crippen LogP contribution in [-0.2, 0) is 24.2 Å². The predicted molar refractivity (Wildman–Crippen MR) is 134 cm³/mol. The summed E-state index contributed by atoms with van der Waals surface area (Å²) in [5, 5.41) is 17.0. The highest BCUT2D eigenvalue weighted by atomic mass is 32.1. The van der Waals surface area contributed by atoms with Crippen LogP contribution in [0.3, 0.4) is 0 Å². The molecule has 0 atom stereocenters. The summed E-state index contributed by atoms with van der Waals surface area (Å²) >= 11 is 1.21. The summed E-state index contributed by atoms with van der Waals surface area (Å²) in [7, 11) is 0. The van der Waals surface area contributed by atoms with E-state index in [0.29, 0.717) is 21.8 Å². The number of carboxylic acids is 1. The molecule has 0 unspecified atom stereocenters. The van der Waals surface area contributed by atoms with Crippen LogP contribution in [0.4, 0.5) is 10.8 Å². The molecule has 0 aliphatic heterocycles. The van der Waals surface area contributed by atoms with Crippen molar-refractivity contribution in [2.24, 2.45) is 5.41 Å². The van der Waals surface area contributed by atoms with Gasteiger partial charge < -0.3 is 10.4 Å². The number of hydrogen-bond donors (Lipinski definition) is 3. The van der Waals surface area contributed by atoms with Gasteiger partial charge in [-0.15, -0.1) is 11.3 Å². The fourth-order valence-electron chi connectivity index (χ4n) is 3.49. The van der Waals surface area contributed by atoms with Crippen LogP contribution in [0.15, 0.2) is 53.9 Å². The second-order valence-corrected chi connectivity index (χ2v) is 10.1. The first kappa shape index (κ1) is 24.5. The minimum absolute atomic E-state index is 0.160. The molecule has 3 N–H and O–H groups in total. The molecular formula is C26H31N3O3S. The van der Waals surface area contributed by atoms with E-state index in [4.69, 9.17) is 5.11 Å². The number of rotatable bonds is 10. The van der Waals surface area contributed by atoms with Crippen LogP contribution < -0.4 is 10.6 Å². The maximum absolute atomic E-state index is 12.5. The van der Waals surface area contributed by atoms with Gasteiger partial charge in [0.05, 0.1) is 12.1 Å². The van der Waals surface area contributed by atoms with E-state index in [1.165, 1.54) is 35.3 Å². The second-order valence-electron chi connectivity index (χ2n) is 9.28. The summed E-state index contributed by atoms with van der Waals surface area (Å²) in [6.07, 6.45) is 3.27. The molecule has 3 rings (SSSR count). The van der Waals surface area contributed by atoms with Crippen molar-refractivity contribution in [3.05, 3.63) is 76.3 Å². The Kier molecular flexibility index (Phi) is 8.22. The van der Waals surface area contributed by atoms with Gasteiger partial charge in [0, 0.05) is 23.2 Å². The number of nitrogens with zero attached hydrogens (tertiary/aromatic N) is 1. The molecular weight excluding hydrogens is 434 g/mol. The van der Waals surface area contributed by atoms with Gasteiger partial charge in [0.25, 0.3) is 5.91 Å². The quantitative estimate of drug-likeness (QED) is 0.341. The number of aliphatic carboxylic acids is 1. The monoisotopic (exact) mass is 465 g/mol. The van der Waals surface area contributed by atoms with E-state index < -0.39 is 5.97 Å². The molecule has 0 radical (unpaired) electrons. The van der Waals surface area contributed by atoms with E-state index in [1.54, 1.807) is 17.5 Å². The van der Waals surface area contributed by atoms with Crippen LogP contribution in [0.5, 0.6) is 0 Å². The van der Waals surface area contributed by atoms with Crippen molar-refractivity contribution in [3.8, 4) is 0 Å². The van der Waals surface area contributed by atoms with Gasteiger partial charge in [-0.05, 0) is 60.1 Å². The molecule has 0 saturated heterocycles. The van der Waals surface area contributed by atoms with Crippen LogP contribution in [0, 0.1) is 5.41 Å². The number of hydrogen-bond acceptors (Lipinski definition) is 5. The lowest BCUT2D eigenvalue weighted by atomic mass is 9.88. The highest BCUT2D eigenvalue weighted by Gasteiger charge is 2.12. The first-order valence-electron chi connectivity index (χ1n) is 11.1. The van der Waals surface area contributed by atoms with Gasteiger partial charge in [-0.3, -0.25) is 14.9 Å². The molecule has 1 aromatic heterocycles. The predicted octanol–water partition coefficient (Wildman–Crippen LogP) is 6.00. The van der Waals surface area contributed by atoms with E-state index >= 15 is 0 Å². The molecule has 1 amide bonds. The molecule has 33 heavy (non-hydrogen) atoms. The first-order chi connectivity index (χ1) is 15.7. The molecule has 2 aromatic carbocycles. The molecule has 0 aliphatic carbocycles. The average Bonchev–Trinajstić information content (AvgIpc) is 3.18. The Morgan fingerprint density at radius 1 is 1.03 bits per heavy atom. The largest absolute Gasteiger partial charge is 0.481 e. The van der Waals surface area contributed by atoms with E-state index in [1.807, 2.05) is 12.1 Å². The van der Waals surface area contributed by atoms with Crippen molar-refractivity contribution in [2.45, 2.75) is 53.0 Å². The van der Waals surface area contributed by atoms with E-state index in [9.17, 15) is 9.59 Å². The minimum Gasteiger partial charge on any atom is -0.481 e. The molecule has 3 aromatic rings. The molecule has 6 nitrogen and oxygen atoms in total. The number of benzene rings is 2. The molecule has 0 aliphatic rings. The molecule has 7 heteroatoms. The molecule has 0 fully saturated rings. The van der Waals surface area contributed by atoms with Gasteiger partial charge in [0.15, 0.2) is 5.13 Å². The zero-order valence-corrected chi connectivity index (χ0v) is 20.2. The van der Waals surface area contributed by atoms with Crippen LogP contribution in [0.25, 0.3) is 0 Å². The normalized spacial score (nSPS) is 11.2. The van der Waals surface area contributed by atoms with E-state index in [-0.39, 0.29) is 12.3 Å². The van der Waals surface area contributed by atoms with Crippen LogP contribution >= 0.6 is 11.3 Å². The summed E-state index contributed by atoms with van der Waals surface area (Å²) in [5.74, 6) is -1.23. The maximum atomic E-state index is 12.5. The third kappa shape index (κ3) is 8.02. The van der Waals surface area contributed by atoms with Crippen molar-refractivity contribution in [1.82, 2.24) is 4.98 Å². The number of carbonyl (C=O) groups excluding carboxylic acids is 1. The molecule has 0 saturated carbocycles. The number of nitrogens with one attached hydrogen (secondary N) is 2. The Balaban J connectivity index is 1.54. The lowest BCUT2D eigenvalue weighted by molar-refractivity contribution is -0.136. The first-order valence-corrected chi connectivity index (χ1v) is 12.0. The maximum Gasteiger partial charge on any atom is 0.309 e. The Bertz CT molecular complexity index is 1080. The van der Waals surface area contributed by atoms with Crippen molar-refractivity contribution >= 4 is 34.0 Å². The molecule has 0 spiro atoms. The van der Waals surface area contributed by atoms with Gasteiger partial charge in [-0.25, -0.2) is 4.98 Å². The smallest absolute Gasteiger partial charge is 0.309 e. The fraction of sp³-hybridized carbons (Fsp3) is 0.346. The number of aromatic nitrogens is 1. The van der Waals surface area contributed by atoms with Gasteiger partial charge in [-0.2, -0.15) is 0 Å². The Hall–Kier alpha value is -3.19. The van der Waals surface area contributed by atoms with E-state index in [2.05, 4.69) is 60.7 Å². The van der Waals surface area contributed by atoms with Crippen molar-refractivity contribution in [3.63, 3.8) is 0 Å². The van der Waals surface area contributed by atoms with Gasteiger partial charge in [0.1, 0.15) is 0 Å². The van der Waals surface area contributed by atoms with E-state index in [0.717, 1.165) is 18.7 Å². The Labute approximate surface area is 199 Å². The lowest BCUT2D eigenvalue weighted by Crippen LogP contribution is -2.12. The summed E-state index contributed by atoms with van der Waals surface area (Å²) < 4.78 is 0. The summed E-state index contributed by atoms with van der Waals surface area (Å²) in [6.45, 7) is 7.55. The molecule has 1 heterocycles. The summed E-state index contributed by atoms with van der Waals surface area (Å²) in [4.78, 5) is 27.4. The number of anilines is 2. The SMILES string of the molecule is CC(C)(C)CCCc1ccccc1CNc1ccc(C(=O)Nc2nc(CC(=O)O)cs2)cc1. The summed E-state index contributed by atoms with van der Waals surface area (Å²) in [5.41, 5.74) is 4.89. The van der Waals surface area contributed by atoms with Crippen molar-refractivity contribution in [2.75, 3.05) is 10.6 Å². The van der Waals surface area contributed by atoms with Gasteiger partial charge >= 0.3 is 5.97 Å². The topological polar surface area (TPSA) is 91.3 Å². The molecule has 174 valence electrons. The fourth-order valence-corrected chi connectivity index (χ4v) is 4.19.